The molecule has 5 rings (SSSR count). The lowest BCUT2D eigenvalue weighted by atomic mass is 10.1. The number of nitrogens with one attached hydrogen (secondary N) is 1. The van der Waals surface area contributed by atoms with E-state index in [4.69, 9.17) is 32.4 Å². The first-order chi connectivity index (χ1) is 16.9. The van der Waals surface area contributed by atoms with Crippen LogP contribution in [-0.4, -0.2) is 15.7 Å². The van der Waals surface area contributed by atoms with Gasteiger partial charge in [-0.25, -0.2) is 0 Å². The third-order valence-corrected chi connectivity index (χ3v) is 6.27. The van der Waals surface area contributed by atoms with Crippen molar-refractivity contribution in [2.75, 3.05) is 5.32 Å². The summed E-state index contributed by atoms with van der Waals surface area (Å²) < 4.78 is 13.3. The number of anilines is 1. The highest BCUT2D eigenvalue weighted by Gasteiger charge is 2.15. The van der Waals surface area contributed by atoms with Crippen LogP contribution in [0.4, 0.5) is 5.82 Å². The number of nitrogens with zero attached hydrogens (tertiary/aromatic N) is 2. The van der Waals surface area contributed by atoms with Gasteiger partial charge in [0, 0.05) is 11.8 Å². The zero-order valence-electron chi connectivity index (χ0n) is 18.8. The van der Waals surface area contributed by atoms with Crippen LogP contribution < -0.4 is 10.1 Å². The van der Waals surface area contributed by atoms with E-state index >= 15 is 0 Å². The molecule has 0 aliphatic heterocycles. The zero-order chi connectivity index (χ0) is 24.4. The van der Waals surface area contributed by atoms with E-state index in [0.29, 0.717) is 28.2 Å². The van der Waals surface area contributed by atoms with Crippen molar-refractivity contribution >= 4 is 45.7 Å². The number of carbonyl (C=O) groups excluding carboxylic acids is 1. The fraction of sp³-hybridized carbons (Fsp3) is 0.111. The van der Waals surface area contributed by atoms with Crippen LogP contribution in [0.25, 0.3) is 10.8 Å². The molecule has 0 aliphatic carbocycles. The fourth-order valence-electron chi connectivity index (χ4n) is 3.71. The lowest BCUT2D eigenvalue weighted by Crippen LogP contribution is -2.12. The van der Waals surface area contributed by atoms with Crippen molar-refractivity contribution in [3.8, 4) is 5.75 Å². The molecule has 0 spiro atoms. The van der Waals surface area contributed by atoms with Crippen molar-refractivity contribution < 1.29 is 13.9 Å². The average molecular weight is 506 g/mol. The van der Waals surface area contributed by atoms with Crippen molar-refractivity contribution in [3.63, 3.8) is 0 Å². The van der Waals surface area contributed by atoms with Crippen LogP contribution in [0, 0.1) is 6.92 Å². The molecule has 0 radical (unpaired) electrons. The van der Waals surface area contributed by atoms with Crippen molar-refractivity contribution in [1.29, 1.82) is 0 Å². The molecule has 176 valence electrons. The molecule has 0 fully saturated rings. The number of benzene rings is 3. The summed E-state index contributed by atoms with van der Waals surface area (Å²) in [7, 11) is 0. The Kier molecular flexibility index (Phi) is 6.49. The smallest absolute Gasteiger partial charge is 0.292 e. The maximum Gasteiger partial charge on any atom is 0.292 e. The van der Waals surface area contributed by atoms with E-state index in [2.05, 4.69) is 10.4 Å². The minimum absolute atomic E-state index is 0.179. The normalized spacial score (nSPS) is 11.1. The number of ether oxygens (including phenoxy) is 1. The van der Waals surface area contributed by atoms with Crippen LogP contribution in [0.5, 0.6) is 5.75 Å². The maximum atomic E-state index is 12.7. The molecule has 1 N–H and O–H groups in total. The van der Waals surface area contributed by atoms with Gasteiger partial charge in [0.2, 0.25) is 0 Å². The average Bonchev–Trinajstić information content (AvgIpc) is 3.46. The van der Waals surface area contributed by atoms with Gasteiger partial charge in [-0.2, -0.15) is 5.10 Å². The SMILES string of the molecule is Cc1cc(NC(=O)c2ccc(COc3ccc4ccccc4c3)o2)nn1Cc1ccc(Cl)c(Cl)c1. The summed E-state index contributed by atoms with van der Waals surface area (Å²) >= 11 is 12.1. The Morgan fingerprint density at radius 3 is 2.63 bits per heavy atom. The van der Waals surface area contributed by atoms with Gasteiger partial charge in [-0.15, -0.1) is 0 Å². The first-order valence-electron chi connectivity index (χ1n) is 10.9. The molecule has 0 saturated carbocycles. The van der Waals surface area contributed by atoms with Gasteiger partial charge >= 0.3 is 0 Å². The Morgan fingerprint density at radius 2 is 1.80 bits per heavy atom. The number of amides is 1. The molecule has 5 aromatic rings. The standard InChI is InChI=1S/C27H21Cl2N3O3/c1-17-12-26(31-32(17)15-18-6-10-23(28)24(29)13-18)30-27(33)25-11-9-22(35-25)16-34-21-8-7-19-4-2-3-5-20(19)14-21/h2-14H,15-16H2,1H3,(H,30,31,33). The molecule has 3 aromatic carbocycles. The van der Waals surface area contributed by atoms with Crippen molar-refractivity contribution in [3.05, 3.63) is 112 Å². The van der Waals surface area contributed by atoms with Gasteiger partial charge in [0.1, 0.15) is 18.1 Å². The Labute approximate surface area is 212 Å². The van der Waals surface area contributed by atoms with Crippen LogP contribution in [-0.2, 0) is 13.2 Å². The number of rotatable bonds is 7. The molecule has 8 heteroatoms. The number of aromatic nitrogens is 2. The first kappa shape index (κ1) is 23.0. The molecule has 6 nitrogen and oxygen atoms in total. The number of carbonyl (C=O) groups is 1. The minimum Gasteiger partial charge on any atom is -0.486 e. The van der Waals surface area contributed by atoms with E-state index in [1.807, 2.05) is 55.5 Å². The molecule has 2 heterocycles. The van der Waals surface area contributed by atoms with Crippen molar-refractivity contribution in [2.24, 2.45) is 0 Å². The molecular formula is C27H21Cl2N3O3. The predicted molar refractivity (Wildman–Crippen MR) is 137 cm³/mol. The Balaban J connectivity index is 1.21. The second-order valence-corrected chi connectivity index (χ2v) is 8.91. The molecule has 35 heavy (non-hydrogen) atoms. The lowest BCUT2D eigenvalue weighted by molar-refractivity contribution is 0.0992. The van der Waals surface area contributed by atoms with Gasteiger partial charge in [0.05, 0.1) is 16.6 Å². The van der Waals surface area contributed by atoms with Gasteiger partial charge in [-0.05, 0) is 59.7 Å². The van der Waals surface area contributed by atoms with Crippen LogP contribution >= 0.6 is 23.2 Å². The van der Waals surface area contributed by atoms with Crippen molar-refractivity contribution in [2.45, 2.75) is 20.1 Å². The first-order valence-corrected chi connectivity index (χ1v) is 11.7. The Bertz CT molecular complexity index is 1520. The van der Waals surface area contributed by atoms with E-state index in [0.717, 1.165) is 27.8 Å². The van der Waals surface area contributed by atoms with Gasteiger partial charge in [0.25, 0.3) is 5.91 Å². The molecule has 0 saturated heterocycles. The number of halogens is 2. The third kappa shape index (κ3) is 5.34. The number of furan rings is 1. The molecular weight excluding hydrogens is 485 g/mol. The maximum absolute atomic E-state index is 12.7. The topological polar surface area (TPSA) is 69.3 Å². The lowest BCUT2D eigenvalue weighted by Gasteiger charge is -2.06. The van der Waals surface area contributed by atoms with Crippen LogP contribution in [0.2, 0.25) is 10.0 Å². The second-order valence-electron chi connectivity index (χ2n) is 8.09. The second kappa shape index (κ2) is 9.86. The van der Waals surface area contributed by atoms with Crippen LogP contribution in [0.1, 0.15) is 27.6 Å². The van der Waals surface area contributed by atoms with E-state index in [9.17, 15) is 4.79 Å². The van der Waals surface area contributed by atoms with E-state index in [-0.39, 0.29) is 18.3 Å². The molecule has 1 amide bonds. The minimum atomic E-state index is -0.388. The van der Waals surface area contributed by atoms with Crippen LogP contribution in [0.3, 0.4) is 0 Å². The van der Waals surface area contributed by atoms with Gasteiger partial charge in [-0.1, -0.05) is 59.6 Å². The molecule has 2 aromatic heterocycles. The summed E-state index contributed by atoms with van der Waals surface area (Å²) in [5.41, 5.74) is 1.83. The predicted octanol–water partition coefficient (Wildman–Crippen LogP) is 7.12. The zero-order valence-corrected chi connectivity index (χ0v) is 20.3. The molecule has 0 unspecified atom stereocenters. The summed E-state index contributed by atoms with van der Waals surface area (Å²) in [5.74, 6) is 1.50. The third-order valence-electron chi connectivity index (χ3n) is 5.53. The highest BCUT2D eigenvalue weighted by Crippen LogP contribution is 2.24. The molecule has 0 bridgehead atoms. The van der Waals surface area contributed by atoms with Gasteiger partial charge in [-0.3, -0.25) is 9.48 Å². The summed E-state index contributed by atoms with van der Waals surface area (Å²) in [6, 6.07) is 24.5. The molecule has 0 atom stereocenters. The fourth-order valence-corrected chi connectivity index (χ4v) is 4.03. The van der Waals surface area contributed by atoms with E-state index in [1.54, 1.807) is 35.0 Å². The number of hydrogen-bond acceptors (Lipinski definition) is 4. The highest BCUT2D eigenvalue weighted by atomic mass is 35.5. The monoisotopic (exact) mass is 505 g/mol. The van der Waals surface area contributed by atoms with Gasteiger partial charge < -0.3 is 14.5 Å². The van der Waals surface area contributed by atoms with Gasteiger partial charge in [0.15, 0.2) is 11.6 Å². The summed E-state index contributed by atoms with van der Waals surface area (Å²) in [4.78, 5) is 12.7. The number of fused-ring (bicyclic) bond motifs is 1. The van der Waals surface area contributed by atoms with E-state index < -0.39 is 0 Å². The number of aryl methyl sites for hydroxylation is 1. The van der Waals surface area contributed by atoms with Crippen molar-refractivity contribution in [1.82, 2.24) is 9.78 Å². The molecule has 0 aliphatic rings. The summed E-state index contributed by atoms with van der Waals surface area (Å²) in [6.45, 7) is 2.62. The van der Waals surface area contributed by atoms with E-state index in [1.165, 1.54) is 0 Å². The quantitative estimate of drug-likeness (QED) is 0.255. The largest absolute Gasteiger partial charge is 0.486 e. The summed E-state index contributed by atoms with van der Waals surface area (Å²) in [5, 5.41) is 10.5. The Hall–Kier alpha value is -3.74. The highest BCUT2D eigenvalue weighted by molar-refractivity contribution is 6.42. The van der Waals surface area contributed by atoms with Crippen LogP contribution in [0.15, 0.2) is 83.3 Å². The Morgan fingerprint density at radius 1 is 0.971 bits per heavy atom. The number of hydrogen-bond donors (Lipinski definition) is 1. The summed E-state index contributed by atoms with van der Waals surface area (Å²) in [6.07, 6.45) is 0.